The lowest BCUT2D eigenvalue weighted by atomic mass is 9.99. The molecule has 5 N–H and O–H groups in total. The van der Waals surface area contributed by atoms with Crippen LogP contribution in [-0.2, 0) is 6.42 Å². The van der Waals surface area contributed by atoms with Crippen molar-refractivity contribution in [3.8, 4) is 28.4 Å². The SMILES string of the molecule is COc1cc(-c2ccncc2CC(=O)c2nc(-c3cc(C(=O)NC(C)C)ccc3F)ccc2N)nc(N)n1. The van der Waals surface area contributed by atoms with Crippen molar-refractivity contribution in [3.63, 3.8) is 0 Å². The molecule has 0 radical (unpaired) electrons. The first-order valence-corrected chi connectivity index (χ1v) is 11.7. The van der Waals surface area contributed by atoms with Crippen LogP contribution in [0.3, 0.4) is 0 Å². The van der Waals surface area contributed by atoms with Crippen LogP contribution >= 0.6 is 0 Å². The van der Waals surface area contributed by atoms with Crippen LogP contribution in [0, 0.1) is 5.82 Å². The molecule has 0 fully saturated rings. The van der Waals surface area contributed by atoms with E-state index >= 15 is 0 Å². The van der Waals surface area contributed by atoms with Gasteiger partial charge in [0.25, 0.3) is 5.91 Å². The number of pyridine rings is 2. The van der Waals surface area contributed by atoms with E-state index in [2.05, 4.69) is 25.3 Å². The number of amides is 1. The summed E-state index contributed by atoms with van der Waals surface area (Å²) in [5.41, 5.74) is 14.1. The molecule has 10 nitrogen and oxygen atoms in total. The quantitative estimate of drug-likeness (QED) is 0.299. The molecular formula is C27H26FN7O3. The maximum atomic E-state index is 14.8. The third kappa shape index (κ3) is 5.72. The van der Waals surface area contributed by atoms with E-state index in [0.29, 0.717) is 16.8 Å². The molecule has 0 bridgehead atoms. The van der Waals surface area contributed by atoms with Gasteiger partial charge in [0.15, 0.2) is 5.78 Å². The van der Waals surface area contributed by atoms with Gasteiger partial charge in [0.1, 0.15) is 11.5 Å². The number of aromatic nitrogens is 4. The zero-order chi connectivity index (χ0) is 27.4. The predicted octanol–water partition coefficient (Wildman–Crippen LogP) is 3.48. The Labute approximate surface area is 218 Å². The fourth-order valence-corrected chi connectivity index (χ4v) is 3.81. The molecule has 0 saturated heterocycles. The van der Waals surface area contributed by atoms with Crippen LogP contribution in [0.25, 0.3) is 22.5 Å². The Morgan fingerprint density at radius 2 is 1.79 bits per heavy atom. The number of carbonyl (C=O) groups is 2. The van der Waals surface area contributed by atoms with Crippen LogP contribution in [0.5, 0.6) is 5.88 Å². The lowest BCUT2D eigenvalue weighted by Gasteiger charge is -2.12. The lowest BCUT2D eigenvalue weighted by molar-refractivity contribution is 0.0941. The van der Waals surface area contributed by atoms with Crippen LogP contribution in [0.1, 0.15) is 40.3 Å². The molecule has 1 aromatic carbocycles. The predicted molar refractivity (Wildman–Crippen MR) is 141 cm³/mol. The lowest BCUT2D eigenvalue weighted by Crippen LogP contribution is -2.30. The highest BCUT2D eigenvalue weighted by molar-refractivity contribution is 6.01. The Morgan fingerprint density at radius 1 is 1.00 bits per heavy atom. The van der Waals surface area contributed by atoms with Crippen LogP contribution < -0.4 is 21.5 Å². The number of nitrogens with two attached hydrogens (primary N) is 2. The standard InChI is InChI=1S/C27H26FN7O3/c1-14(2)32-26(37)15-4-5-19(28)18(10-15)21-7-6-20(29)25(33-21)23(36)11-16-13-31-9-8-17(16)22-12-24(38-3)35-27(30)34-22/h4-10,12-14H,11,29H2,1-3H3,(H,32,37)(H2,30,34,35). The van der Waals surface area contributed by atoms with Crippen LogP contribution in [-0.4, -0.2) is 44.8 Å². The van der Waals surface area contributed by atoms with Crippen molar-refractivity contribution in [2.45, 2.75) is 26.3 Å². The van der Waals surface area contributed by atoms with E-state index in [1.54, 1.807) is 18.3 Å². The molecule has 0 aliphatic heterocycles. The number of nitrogen functional groups attached to an aromatic ring is 2. The highest BCUT2D eigenvalue weighted by Crippen LogP contribution is 2.28. The molecule has 38 heavy (non-hydrogen) atoms. The van der Waals surface area contributed by atoms with E-state index in [4.69, 9.17) is 16.2 Å². The van der Waals surface area contributed by atoms with Gasteiger partial charge in [-0.05, 0) is 55.8 Å². The largest absolute Gasteiger partial charge is 0.481 e. The number of ether oxygens (including phenoxy) is 1. The van der Waals surface area contributed by atoms with Crippen molar-refractivity contribution >= 4 is 23.3 Å². The monoisotopic (exact) mass is 515 g/mol. The molecular weight excluding hydrogens is 489 g/mol. The molecule has 0 unspecified atom stereocenters. The first kappa shape index (κ1) is 26.1. The number of hydrogen-bond donors (Lipinski definition) is 3. The van der Waals surface area contributed by atoms with Gasteiger partial charge in [-0.3, -0.25) is 14.6 Å². The molecule has 194 valence electrons. The van der Waals surface area contributed by atoms with Gasteiger partial charge in [0.05, 0.1) is 24.2 Å². The van der Waals surface area contributed by atoms with Crippen molar-refractivity contribution in [1.82, 2.24) is 25.3 Å². The molecule has 1 amide bonds. The molecule has 0 spiro atoms. The number of carbonyl (C=O) groups excluding carboxylic acids is 2. The van der Waals surface area contributed by atoms with Gasteiger partial charge in [0.2, 0.25) is 11.8 Å². The van der Waals surface area contributed by atoms with Gasteiger partial charge in [-0.1, -0.05) is 0 Å². The average molecular weight is 516 g/mol. The van der Waals surface area contributed by atoms with Crippen LogP contribution in [0.15, 0.2) is 54.9 Å². The number of Topliss-reactive ketones (excluding diaryl/α,β-unsaturated/α-hetero) is 1. The maximum Gasteiger partial charge on any atom is 0.251 e. The molecule has 3 aromatic heterocycles. The van der Waals surface area contributed by atoms with E-state index in [-0.39, 0.29) is 58.4 Å². The van der Waals surface area contributed by atoms with Crippen LogP contribution in [0.2, 0.25) is 0 Å². The normalized spacial score (nSPS) is 10.9. The number of hydrogen-bond acceptors (Lipinski definition) is 9. The summed E-state index contributed by atoms with van der Waals surface area (Å²) in [6.45, 7) is 3.65. The minimum atomic E-state index is -0.591. The van der Waals surface area contributed by atoms with Crippen molar-refractivity contribution in [2.75, 3.05) is 18.6 Å². The van der Waals surface area contributed by atoms with Gasteiger partial charge in [0, 0.05) is 47.6 Å². The molecule has 0 aliphatic rings. The smallest absolute Gasteiger partial charge is 0.251 e. The molecule has 0 saturated carbocycles. The summed E-state index contributed by atoms with van der Waals surface area (Å²) in [4.78, 5) is 42.5. The molecule has 0 aliphatic carbocycles. The summed E-state index contributed by atoms with van der Waals surface area (Å²) in [7, 11) is 1.46. The zero-order valence-electron chi connectivity index (χ0n) is 21.0. The van der Waals surface area contributed by atoms with E-state index in [9.17, 15) is 14.0 Å². The molecule has 4 rings (SSSR count). The summed E-state index contributed by atoms with van der Waals surface area (Å²) in [5.74, 6) is -1.07. The second-order valence-corrected chi connectivity index (χ2v) is 8.74. The summed E-state index contributed by atoms with van der Waals surface area (Å²) < 4.78 is 19.9. The first-order chi connectivity index (χ1) is 18.2. The fraction of sp³-hybridized carbons (Fsp3) is 0.185. The van der Waals surface area contributed by atoms with Crippen molar-refractivity contribution in [1.29, 1.82) is 0 Å². The number of rotatable bonds is 8. The number of nitrogens with one attached hydrogen (secondary N) is 1. The summed E-state index contributed by atoms with van der Waals surface area (Å²) in [6.07, 6.45) is 2.98. The molecule has 11 heteroatoms. The second-order valence-electron chi connectivity index (χ2n) is 8.74. The van der Waals surface area contributed by atoms with E-state index in [1.807, 2.05) is 13.8 Å². The minimum absolute atomic E-state index is 0.0124. The Morgan fingerprint density at radius 3 is 2.53 bits per heavy atom. The van der Waals surface area contributed by atoms with Crippen molar-refractivity contribution < 1.29 is 18.7 Å². The number of nitrogens with zero attached hydrogens (tertiary/aromatic N) is 4. The van der Waals surface area contributed by atoms with Gasteiger partial charge in [-0.25, -0.2) is 14.4 Å². The Balaban J connectivity index is 1.68. The van der Waals surface area contributed by atoms with Gasteiger partial charge >= 0.3 is 0 Å². The molecule has 0 atom stereocenters. The van der Waals surface area contributed by atoms with Crippen molar-refractivity contribution in [2.24, 2.45) is 0 Å². The number of methoxy groups -OCH3 is 1. The Kier molecular flexibility index (Phi) is 7.56. The number of anilines is 2. The Hall–Kier alpha value is -4.93. The number of ketones is 1. The number of halogens is 1. The second kappa shape index (κ2) is 11.0. The Bertz CT molecular complexity index is 1520. The summed E-state index contributed by atoms with van der Waals surface area (Å²) in [5, 5.41) is 2.77. The summed E-state index contributed by atoms with van der Waals surface area (Å²) >= 11 is 0. The first-order valence-electron chi connectivity index (χ1n) is 11.7. The van der Waals surface area contributed by atoms with Gasteiger partial charge < -0.3 is 21.5 Å². The van der Waals surface area contributed by atoms with Gasteiger partial charge in [-0.2, -0.15) is 4.98 Å². The van der Waals surface area contributed by atoms with E-state index < -0.39 is 11.6 Å². The topological polar surface area (TPSA) is 159 Å². The number of benzene rings is 1. The molecule has 3 heterocycles. The third-order valence-corrected chi connectivity index (χ3v) is 5.57. The van der Waals surface area contributed by atoms with Gasteiger partial charge in [-0.15, -0.1) is 0 Å². The molecule has 4 aromatic rings. The summed E-state index contributed by atoms with van der Waals surface area (Å²) in [6, 6.07) is 10.2. The van der Waals surface area contributed by atoms with E-state index in [0.717, 1.165) is 0 Å². The average Bonchev–Trinajstić information content (AvgIpc) is 2.88. The van der Waals surface area contributed by atoms with E-state index in [1.165, 1.54) is 43.6 Å². The highest BCUT2D eigenvalue weighted by Gasteiger charge is 2.20. The maximum absolute atomic E-state index is 14.8. The third-order valence-electron chi connectivity index (χ3n) is 5.57. The highest BCUT2D eigenvalue weighted by atomic mass is 19.1. The zero-order valence-corrected chi connectivity index (χ0v) is 21.0. The van der Waals surface area contributed by atoms with Crippen LogP contribution in [0.4, 0.5) is 16.0 Å². The minimum Gasteiger partial charge on any atom is -0.481 e. The van der Waals surface area contributed by atoms with Crippen molar-refractivity contribution in [3.05, 3.63) is 77.5 Å². The fourth-order valence-electron chi connectivity index (χ4n) is 3.81.